The van der Waals surface area contributed by atoms with Gasteiger partial charge in [-0.1, -0.05) is 18.2 Å². The molecule has 1 aromatic heterocycles. The standard InChI is InChI=1S/C16H15N3O/c1-17-16-11-15(18-19-16)12-7-9-14(10-8-12)20-13-5-3-2-4-6-13/h2-11H,1H3,(H2,17,18,19). The molecule has 0 aliphatic heterocycles. The number of nitrogens with zero attached hydrogens (tertiary/aromatic N) is 1. The lowest BCUT2D eigenvalue weighted by molar-refractivity contribution is 0.483. The third kappa shape index (κ3) is 2.64. The van der Waals surface area contributed by atoms with E-state index in [1.54, 1.807) is 0 Å². The van der Waals surface area contributed by atoms with Crippen molar-refractivity contribution in [3.05, 3.63) is 60.7 Å². The Morgan fingerprint density at radius 3 is 2.30 bits per heavy atom. The number of para-hydroxylation sites is 1. The molecule has 0 aliphatic carbocycles. The van der Waals surface area contributed by atoms with Crippen LogP contribution in [-0.2, 0) is 0 Å². The second-order valence-corrected chi connectivity index (χ2v) is 4.36. The van der Waals surface area contributed by atoms with Crippen LogP contribution in [-0.4, -0.2) is 17.2 Å². The molecular formula is C16H15N3O. The first-order valence-corrected chi connectivity index (χ1v) is 6.41. The number of aromatic nitrogens is 2. The summed E-state index contributed by atoms with van der Waals surface area (Å²) in [5.41, 5.74) is 2.04. The van der Waals surface area contributed by atoms with Crippen LogP contribution < -0.4 is 10.1 Å². The SMILES string of the molecule is CNc1cc(-c2ccc(Oc3ccccc3)cc2)[nH]n1. The summed E-state index contributed by atoms with van der Waals surface area (Å²) in [6.45, 7) is 0. The van der Waals surface area contributed by atoms with Crippen LogP contribution in [0.4, 0.5) is 5.82 Å². The van der Waals surface area contributed by atoms with E-state index < -0.39 is 0 Å². The van der Waals surface area contributed by atoms with Crippen molar-refractivity contribution >= 4 is 5.82 Å². The van der Waals surface area contributed by atoms with E-state index in [0.29, 0.717) is 0 Å². The Balaban J connectivity index is 1.77. The van der Waals surface area contributed by atoms with E-state index in [-0.39, 0.29) is 0 Å². The molecule has 4 nitrogen and oxygen atoms in total. The van der Waals surface area contributed by atoms with Gasteiger partial charge in [0.25, 0.3) is 0 Å². The van der Waals surface area contributed by atoms with Crippen molar-refractivity contribution in [2.75, 3.05) is 12.4 Å². The Bertz CT molecular complexity index is 674. The molecule has 20 heavy (non-hydrogen) atoms. The van der Waals surface area contributed by atoms with Crippen molar-refractivity contribution in [1.82, 2.24) is 10.2 Å². The summed E-state index contributed by atoms with van der Waals surface area (Å²) in [6.07, 6.45) is 0. The molecule has 0 saturated carbocycles. The van der Waals surface area contributed by atoms with Crippen LogP contribution in [0, 0.1) is 0 Å². The number of hydrogen-bond acceptors (Lipinski definition) is 3. The second-order valence-electron chi connectivity index (χ2n) is 4.36. The number of H-pyrrole nitrogens is 1. The van der Waals surface area contributed by atoms with E-state index in [1.807, 2.05) is 67.7 Å². The Kier molecular flexibility index (Phi) is 3.37. The molecule has 0 amide bonds. The minimum atomic E-state index is 0.813. The number of ether oxygens (including phenoxy) is 1. The number of anilines is 1. The van der Waals surface area contributed by atoms with Gasteiger partial charge >= 0.3 is 0 Å². The van der Waals surface area contributed by atoms with E-state index in [9.17, 15) is 0 Å². The fraction of sp³-hybridized carbons (Fsp3) is 0.0625. The van der Waals surface area contributed by atoms with Crippen LogP contribution in [0.1, 0.15) is 0 Å². The molecular weight excluding hydrogens is 250 g/mol. The highest BCUT2D eigenvalue weighted by molar-refractivity contribution is 5.63. The quantitative estimate of drug-likeness (QED) is 0.752. The molecule has 3 rings (SSSR count). The molecule has 4 heteroatoms. The van der Waals surface area contributed by atoms with Gasteiger partial charge in [-0.2, -0.15) is 5.10 Å². The molecule has 1 heterocycles. The van der Waals surface area contributed by atoms with E-state index in [1.165, 1.54) is 0 Å². The first-order chi connectivity index (χ1) is 9.85. The van der Waals surface area contributed by atoms with Crippen LogP contribution >= 0.6 is 0 Å². The molecule has 0 unspecified atom stereocenters. The maximum absolute atomic E-state index is 5.76. The lowest BCUT2D eigenvalue weighted by Gasteiger charge is -2.05. The van der Waals surface area contributed by atoms with Gasteiger partial charge in [-0.05, 0) is 42.0 Å². The first-order valence-electron chi connectivity index (χ1n) is 6.41. The fourth-order valence-electron chi connectivity index (χ4n) is 1.92. The molecule has 0 saturated heterocycles. The van der Waals surface area contributed by atoms with Gasteiger partial charge in [0, 0.05) is 13.1 Å². The molecule has 2 aromatic carbocycles. The highest BCUT2D eigenvalue weighted by atomic mass is 16.5. The van der Waals surface area contributed by atoms with E-state index in [0.717, 1.165) is 28.6 Å². The molecule has 0 aliphatic rings. The summed E-state index contributed by atoms with van der Waals surface area (Å²) in [5, 5.41) is 10.1. The molecule has 0 fully saturated rings. The van der Waals surface area contributed by atoms with Crippen molar-refractivity contribution in [3.63, 3.8) is 0 Å². The van der Waals surface area contributed by atoms with Crippen molar-refractivity contribution in [2.45, 2.75) is 0 Å². The molecule has 3 aromatic rings. The highest BCUT2D eigenvalue weighted by Crippen LogP contribution is 2.25. The van der Waals surface area contributed by atoms with Crippen molar-refractivity contribution < 1.29 is 4.74 Å². The summed E-state index contributed by atoms with van der Waals surface area (Å²) < 4.78 is 5.76. The Morgan fingerprint density at radius 2 is 1.65 bits per heavy atom. The van der Waals surface area contributed by atoms with Crippen LogP contribution in [0.5, 0.6) is 11.5 Å². The lowest BCUT2D eigenvalue weighted by atomic mass is 10.1. The van der Waals surface area contributed by atoms with Gasteiger partial charge in [-0.3, -0.25) is 5.10 Å². The van der Waals surface area contributed by atoms with Crippen LogP contribution in [0.3, 0.4) is 0 Å². The number of nitrogens with one attached hydrogen (secondary N) is 2. The maximum atomic E-state index is 5.76. The van der Waals surface area contributed by atoms with Crippen molar-refractivity contribution in [1.29, 1.82) is 0 Å². The van der Waals surface area contributed by atoms with Gasteiger partial charge in [-0.15, -0.1) is 0 Å². The van der Waals surface area contributed by atoms with Crippen molar-refractivity contribution in [2.24, 2.45) is 0 Å². The van der Waals surface area contributed by atoms with Crippen LogP contribution in [0.15, 0.2) is 60.7 Å². The molecule has 0 bridgehead atoms. The Morgan fingerprint density at radius 1 is 0.950 bits per heavy atom. The summed E-state index contributed by atoms with van der Waals surface area (Å²) in [4.78, 5) is 0. The Labute approximate surface area is 117 Å². The largest absolute Gasteiger partial charge is 0.457 e. The molecule has 0 radical (unpaired) electrons. The number of benzene rings is 2. The minimum Gasteiger partial charge on any atom is -0.457 e. The number of rotatable bonds is 4. The topological polar surface area (TPSA) is 49.9 Å². The normalized spacial score (nSPS) is 10.2. The monoisotopic (exact) mass is 265 g/mol. The average Bonchev–Trinajstić information content (AvgIpc) is 2.98. The average molecular weight is 265 g/mol. The van der Waals surface area contributed by atoms with Gasteiger partial charge < -0.3 is 10.1 Å². The first kappa shape index (κ1) is 12.3. The minimum absolute atomic E-state index is 0.813. The van der Waals surface area contributed by atoms with E-state index in [4.69, 9.17) is 4.74 Å². The highest BCUT2D eigenvalue weighted by Gasteiger charge is 2.03. The van der Waals surface area contributed by atoms with Crippen LogP contribution in [0.2, 0.25) is 0 Å². The Hall–Kier alpha value is -2.75. The lowest BCUT2D eigenvalue weighted by Crippen LogP contribution is -1.85. The molecule has 100 valence electrons. The predicted molar refractivity (Wildman–Crippen MR) is 80.1 cm³/mol. The summed E-state index contributed by atoms with van der Waals surface area (Å²) in [6, 6.07) is 19.6. The fourth-order valence-corrected chi connectivity index (χ4v) is 1.92. The molecule has 0 spiro atoms. The molecule has 0 atom stereocenters. The summed E-state index contributed by atoms with van der Waals surface area (Å²) in [7, 11) is 1.84. The smallest absolute Gasteiger partial charge is 0.148 e. The van der Waals surface area contributed by atoms with Gasteiger partial charge in [-0.25, -0.2) is 0 Å². The number of hydrogen-bond donors (Lipinski definition) is 2. The summed E-state index contributed by atoms with van der Waals surface area (Å²) >= 11 is 0. The predicted octanol–water partition coefficient (Wildman–Crippen LogP) is 3.91. The van der Waals surface area contributed by atoms with E-state index >= 15 is 0 Å². The zero-order valence-electron chi connectivity index (χ0n) is 11.1. The van der Waals surface area contributed by atoms with Gasteiger partial charge in [0.2, 0.25) is 0 Å². The van der Waals surface area contributed by atoms with Gasteiger partial charge in [0.05, 0.1) is 5.69 Å². The van der Waals surface area contributed by atoms with Crippen molar-refractivity contribution in [3.8, 4) is 22.8 Å². The second kappa shape index (κ2) is 5.48. The van der Waals surface area contributed by atoms with Gasteiger partial charge in [0.1, 0.15) is 17.3 Å². The molecule has 2 N–H and O–H groups in total. The van der Waals surface area contributed by atoms with Gasteiger partial charge in [0.15, 0.2) is 0 Å². The van der Waals surface area contributed by atoms with E-state index in [2.05, 4.69) is 15.5 Å². The third-order valence-electron chi connectivity index (χ3n) is 2.98. The third-order valence-corrected chi connectivity index (χ3v) is 2.98. The zero-order valence-corrected chi connectivity index (χ0v) is 11.1. The summed E-state index contributed by atoms with van der Waals surface area (Å²) in [5.74, 6) is 2.47. The van der Waals surface area contributed by atoms with Crippen LogP contribution in [0.25, 0.3) is 11.3 Å². The maximum Gasteiger partial charge on any atom is 0.148 e. The zero-order chi connectivity index (χ0) is 13.8. The number of aromatic amines is 1.